The van der Waals surface area contributed by atoms with Gasteiger partial charge in [0.1, 0.15) is 17.9 Å². The minimum absolute atomic E-state index is 0.0903. The molecule has 9 nitrogen and oxygen atoms in total. The van der Waals surface area contributed by atoms with Crippen LogP contribution in [0.4, 0.5) is 5.82 Å². The van der Waals surface area contributed by atoms with Crippen molar-refractivity contribution in [2.45, 2.75) is 38.1 Å². The van der Waals surface area contributed by atoms with Crippen LogP contribution >= 0.6 is 0 Å². The maximum Gasteiger partial charge on any atom is 0.167 e. The van der Waals surface area contributed by atoms with E-state index in [2.05, 4.69) is 15.0 Å². The predicted octanol–water partition coefficient (Wildman–Crippen LogP) is 0.0323. The Morgan fingerprint density at radius 3 is 2.83 bits per heavy atom. The highest BCUT2D eigenvalue weighted by molar-refractivity contribution is 5.81. The summed E-state index contributed by atoms with van der Waals surface area (Å²) in [6.45, 7) is 4.75. The summed E-state index contributed by atoms with van der Waals surface area (Å²) in [5.74, 6) is -0.253. The van der Waals surface area contributed by atoms with Gasteiger partial charge in [-0.3, -0.25) is 4.57 Å². The Kier molecular flexibility index (Phi) is 3.27. The number of imidazole rings is 1. The SMILES string of the molecule is CC1(C)OC2C(CN)COC(n3cnc4c(N)ncnc43)C2O1. The summed E-state index contributed by atoms with van der Waals surface area (Å²) in [6, 6.07) is 0. The quantitative estimate of drug-likeness (QED) is 0.794. The van der Waals surface area contributed by atoms with Crippen molar-refractivity contribution in [3.8, 4) is 0 Å². The normalized spacial score (nSPS) is 33.0. The van der Waals surface area contributed by atoms with Crippen molar-refractivity contribution in [3.63, 3.8) is 0 Å². The van der Waals surface area contributed by atoms with Crippen LogP contribution in [0.25, 0.3) is 11.2 Å². The number of nitrogen functional groups attached to an aromatic ring is 1. The van der Waals surface area contributed by atoms with E-state index in [1.165, 1.54) is 6.33 Å². The molecule has 9 heteroatoms. The van der Waals surface area contributed by atoms with Crippen molar-refractivity contribution in [2.75, 3.05) is 18.9 Å². The topological polar surface area (TPSA) is 123 Å². The molecule has 0 spiro atoms. The Hall–Kier alpha value is -1.81. The number of aromatic nitrogens is 4. The molecule has 4 unspecified atom stereocenters. The van der Waals surface area contributed by atoms with Gasteiger partial charge in [-0.05, 0) is 20.4 Å². The van der Waals surface area contributed by atoms with E-state index in [-0.39, 0.29) is 18.1 Å². The second-order valence-corrected chi connectivity index (χ2v) is 6.37. The molecule has 4 atom stereocenters. The number of rotatable bonds is 2. The third-order valence-electron chi connectivity index (χ3n) is 4.35. The lowest BCUT2D eigenvalue weighted by Crippen LogP contribution is -2.48. The smallest absolute Gasteiger partial charge is 0.167 e. The number of anilines is 1. The number of hydrogen-bond acceptors (Lipinski definition) is 8. The van der Waals surface area contributed by atoms with Gasteiger partial charge in [0.05, 0.1) is 19.0 Å². The molecule has 124 valence electrons. The largest absolute Gasteiger partial charge is 0.382 e. The lowest BCUT2D eigenvalue weighted by atomic mass is 9.95. The van der Waals surface area contributed by atoms with Gasteiger partial charge < -0.3 is 25.7 Å². The van der Waals surface area contributed by atoms with Crippen LogP contribution in [0.3, 0.4) is 0 Å². The third-order valence-corrected chi connectivity index (χ3v) is 4.35. The van der Waals surface area contributed by atoms with Gasteiger partial charge in [0.25, 0.3) is 0 Å². The first kappa shape index (κ1) is 14.8. The van der Waals surface area contributed by atoms with Crippen LogP contribution in [-0.4, -0.2) is 50.7 Å². The molecule has 2 aromatic heterocycles. The Morgan fingerprint density at radius 2 is 2.04 bits per heavy atom. The van der Waals surface area contributed by atoms with E-state index in [0.29, 0.717) is 30.1 Å². The minimum atomic E-state index is -0.681. The second-order valence-electron chi connectivity index (χ2n) is 6.37. The van der Waals surface area contributed by atoms with E-state index in [9.17, 15) is 0 Å². The van der Waals surface area contributed by atoms with Crippen molar-refractivity contribution in [1.29, 1.82) is 0 Å². The monoisotopic (exact) mass is 320 g/mol. The number of fused-ring (bicyclic) bond motifs is 2. The molecule has 0 amide bonds. The summed E-state index contributed by atoms with van der Waals surface area (Å²) in [6.07, 6.45) is 2.24. The van der Waals surface area contributed by atoms with E-state index in [1.807, 2.05) is 18.4 Å². The first-order valence-electron chi connectivity index (χ1n) is 7.60. The average molecular weight is 320 g/mol. The summed E-state index contributed by atoms with van der Waals surface area (Å²) in [7, 11) is 0. The Labute approximate surface area is 132 Å². The maximum absolute atomic E-state index is 6.07. The standard InChI is InChI=1S/C14H20N6O3/c1-14(2)22-9-7(3-15)4-21-13(10(9)23-14)20-6-19-8-11(16)17-5-18-12(8)20/h5-7,9-10,13H,3-4,15H2,1-2H3,(H2,16,17,18). The molecule has 0 bridgehead atoms. The van der Waals surface area contributed by atoms with Crippen molar-refractivity contribution >= 4 is 17.0 Å². The molecule has 4 heterocycles. The number of nitrogens with two attached hydrogens (primary N) is 2. The molecule has 0 aliphatic carbocycles. The zero-order chi connectivity index (χ0) is 16.2. The van der Waals surface area contributed by atoms with Gasteiger partial charge in [-0.15, -0.1) is 0 Å². The van der Waals surface area contributed by atoms with E-state index in [0.717, 1.165) is 0 Å². The van der Waals surface area contributed by atoms with Gasteiger partial charge in [0.2, 0.25) is 0 Å². The molecular formula is C14H20N6O3. The van der Waals surface area contributed by atoms with Crippen molar-refractivity contribution in [3.05, 3.63) is 12.7 Å². The van der Waals surface area contributed by atoms with E-state index in [4.69, 9.17) is 25.7 Å². The molecule has 4 rings (SSSR count). The highest BCUT2D eigenvalue weighted by Gasteiger charge is 2.52. The van der Waals surface area contributed by atoms with Crippen molar-refractivity contribution in [2.24, 2.45) is 11.7 Å². The number of hydrogen-bond donors (Lipinski definition) is 2. The van der Waals surface area contributed by atoms with Gasteiger partial charge in [-0.1, -0.05) is 0 Å². The van der Waals surface area contributed by atoms with Crippen LogP contribution in [0.2, 0.25) is 0 Å². The van der Waals surface area contributed by atoms with Crippen molar-refractivity contribution < 1.29 is 14.2 Å². The van der Waals surface area contributed by atoms with Crippen LogP contribution in [0.15, 0.2) is 12.7 Å². The summed E-state index contributed by atoms with van der Waals surface area (Å²) in [4.78, 5) is 12.5. The molecule has 23 heavy (non-hydrogen) atoms. The first-order chi connectivity index (χ1) is 11.0. The van der Waals surface area contributed by atoms with Crippen LogP contribution in [0, 0.1) is 5.92 Å². The molecule has 0 saturated carbocycles. The van der Waals surface area contributed by atoms with Crippen molar-refractivity contribution in [1.82, 2.24) is 19.5 Å². The van der Waals surface area contributed by atoms with Gasteiger partial charge in [-0.25, -0.2) is 15.0 Å². The first-order valence-corrected chi connectivity index (χ1v) is 7.60. The molecular weight excluding hydrogens is 300 g/mol. The summed E-state index contributed by atoms with van der Waals surface area (Å²) in [5.41, 5.74) is 12.9. The van der Waals surface area contributed by atoms with E-state index < -0.39 is 12.0 Å². The van der Waals surface area contributed by atoms with Gasteiger partial charge >= 0.3 is 0 Å². The van der Waals surface area contributed by atoms with Crippen LogP contribution in [0.5, 0.6) is 0 Å². The molecule has 2 fully saturated rings. The molecule has 0 aromatic carbocycles. The number of nitrogens with zero attached hydrogens (tertiary/aromatic N) is 4. The number of ether oxygens (including phenoxy) is 3. The summed E-state index contributed by atoms with van der Waals surface area (Å²) in [5, 5.41) is 0. The minimum Gasteiger partial charge on any atom is -0.382 e. The molecule has 4 N–H and O–H groups in total. The van der Waals surface area contributed by atoms with Crippen LogP contribution < -0.4 is 11.5 Å². The fraction of sp³-hybridized carbons (Fsp3) is 0.643. The van der Waals surface area contributed by atoms with Gasteiger partial charge in [0.15, 0.2) is 23.5 Å². The average Bonchev–Trinajstić information content (AvgIpc) is 3.07. The fourth-order valence-electron chi connectivity index (χ4n) is 3.31. The van der Waals surface area contributed by atoms with Gasteiger partial charge in [-0.2, -0.15) is 0 Å². The van der Waals surface area contributed by atoms with Crippen LogP contribution in [0.1, 0.15) is 20.1 Å². The molecule has 2 aliphatic heterocycles. The summed E-state index contributed by atoms with van der Waals surface area (Å²) >= 11 is 0. The molecule has 2 saturated heterocycles. The highest BCUT2D eigenvalue weighted by Crippen LogP contribution is 2.41. The van der Waals surface area contributed by atoms with E-state index in [1.54, 1.807) is 6.33 Å². The van der Waals surface area contributed by atoms with Gasteiger partial charge in [0, 0.05) is 5.92 Å². The van der Waals surface area contributed by atoms with Crippen LogP contribution in [-0.2, 0) is 14.2 Å². The Bertz CT molecular complexity index is 732. The lowest BCUT2D eigenvalue weighted by Gasteiger charge is -2.36. The zero-order valence-corrected chi connectivity index (χ0v) is 13.0. The predicted molar refractivity (Wildman–Crippen MR) is 81.1 cm³/mol. The molecule has 2 aromatic rings. The molecule has 2 aliphatic rings. The second kappa shape index (κ2) is 5.10. The summed E-state index contributed by atoms with van der Waals surface area (Å²) < 4.78 is 20.0. The Balaban J connectivity index is 1.75. The lowest BCUT2D eigenvalue weighted by molar-refractivity contribution is -0.166. The fourth-order valence-corrected chi connectivity index (χ4v) is 3.31. The molecule has 0 radical (unpaired) electrons. The zero-order valence-electron chi connectivity index (χ0n) is 13.0. The highest BCUT2D eigenvalue weighted by atomic mass is 16.8. The third kappa shape index (κ3) is 2.27. The Morgan fingerprint density at radius 1 is 1.26 bits per heavy atom. The maximum atomic E-state index is 6.07. The van der Waals surface area contributed by atoms with E-state index >= 15 is 0 Å².